The molecule has 0 aliphatic carbocycles. The van der Waals surface area contributed by atoms with Crippen LogP contribution in [0.15, 0.2) is 11.3 Å². The lowest BCUT2D eigenvalue weighted by molar-refractivity contribution is -0.327. The van der Waals surface area contributed by atoms with Crippen LogP contribution in [0.5, 0.6) is 0 Å². The molecule has 0 aliphatic rings. The van der Waals surface area contributed by atoms with Crippen molar-refractivity contribution in [3.05, 3.63) is 11.3 Å². The molecule has 0 atom stereocenters. The summed E-state index contributed by atoms with van der Waals surface area (Å²) in [4.78, 5) is 32.0. The van der Waals surface area contributed by atoms with E-state index in [0.29, 0.717) is 12.8 Å². The summed E-state index contributed by atoms with van der Waals surface area (Å²) in [5, 5.41) is 18.0. The molecule has 0 spiro atoms. The molecule has 19 heavy (non-hydrogen) atoms. The topological polar surface area (TPSA) is 93.1 Å². The molecule has 6 heteroatoms. The van der Waals surface area contributed by atoms with Crippen LogP contribution in [0.1, 0.15) is 53.4 Å². The molecule has 0 fully saturated rings. The van der Waals surface area contributed by atoms with Gasteiger partial charge in [0.2, 0.25) is 0 Å². The number of hydrogen-bond donors (Lipinski definition) is 2. The average molecular weight is 274 g/mol. The van der Waals surface area contributed by atoms with Crippen LogP contribution < -0.4 is 0 Å². The summed E-state index contributed by atoms with van der Waals surface area (Å²) in [6.45, 7) is 7.20. The fourth-order valence-corrected chi connectivity index (χ4v) is 1.58. The van der Waals surface area contributed by atoms with E-state index in [1.807, 2.05) is 6.92 Å². The summed E-state index contributed by atoms with van der Waals surface area (Å²) in [5.41, 5.74) is -0.965. The number of aliphatic carboxylic acids is 2. The van der Waals surface area contributed by atoms with Crippen LogP contribution in [0.25, 0.3) is 0 Å². The molecule has 0 heterocycles. The highest BCUT2D eigenvalue weighted by molar-refractivity contribution is 5.97. The van der Waals surface area contributed by atoms with Gasteiger partial charge >= 0.3 is 11.9 Å². The van der Waals surface area contributed by atoms with Gasteiger partial charge in [-0.15, -0.1) is 0 Å². The molecule has 110 valence electrons. The first kappa shape index (κ1) is 17.4. The lowest BCUT2D eigenvalue weighted by Gasteiger charge is -2.23. The third-order valence-corrected chi connectivity index (χ3v) is 2.43. The molecule has 0 aliphatic heterocycles. The van der Waals surface area contributed by atoms with Crippen LogP contribution >= 0.6 is 0 Å². The zero-order chi connectivity index (χ0) is 15.1. The highest BCUT2D eigenvalue weighted by Gasteiger charge is 2.26. The Morgan fingerprint density at radius 3 is 2.00 bits per heavy atom. The molecule has 0 unspecified atom stereocenters. The molecule has 0 aromatic carbocycles. The van der Waals surface area contributed by atoms with E-state index < -0.39 is 23.3 Å². The van der Waals surface area contributed by atoms with Gasteiger partial charge in [0, 0.05) is 0 Å². The van der Waals surface area contributed by atoms with Crippen LogP contribution in [-0.2, 0) is 19.4 Å². The first-order valence-corrected chi connectivity index (χ1v) is 6.30. The number of rotatable bonds is 9. The van der Waals surface area contributed by atoms with Gasteiger partial charge in [-0.25, -0.2) is 9.59 Å². The average Bonchev–Trinajstić information content (AvgIpc) is 2.26. The summed E-state index contributed by atoms with van der Waals surface area (Å²) >= 11 is 0. The van der Waals surface area contributed by atoms with E-state index >= 15 is 0 Å². The second-order valence-electron chi connectivity index (χ2n) is 4.84. The Morgan fingerprint density at radius 2 is 1.63 bits per heavy atom. The van der Waals surface area contributed by atoms with Crippen molar-refractivity contribution in [3.63, 3.8) is 0 Å². The van der Waals surface area contributed by atoms with Crippen molar-refractivity contribution in [3.8, 4) is 0 Å². The molecule has 0 aromatic rings. The number of hydrogen-bond acceptors (Lipinski definition) is 4. The summed E-state index contributed by atoms with van der Waals surface area (Å²) in [7, 11) is 0. The fourth-order valence-electron chi connectivity index (χ4n) is 1.58. The van der Waals surface area contributed by atoms with Crippen molar-refractivity contribution in [2.24, 2.45) is 0 Å². The molecule has 0 radical (unpaired) electrons. The minimum absolute atomic E-state index is 0.106. The summed E-state index contributed by atoms with van der Waals surface area (Å²) < 4.78 is 0. The van der Waals surface area contributed by atoms with Gasteiger partial charge in [0.05, 0.1) is 5.57 Å². The lowest BCUT2D eigenvalue weighted by Crippen LogP contribution is -2.26. The zero-order valence-corrected chi connectivity index (χ0v) is 11.9. The first-order chi connectivity index (χ1) is 8.75. The van der Waals surface area contributed by atoms with E-state index in [-0.39, 0.29) is 12.0 Å². The Hall–Kier alpha value is -1.56. The molecule has 2 N–H and O–H groups in total. The molecule has 0 amide bonds. The fraction of sp³-hybridized carbons (Fsp3) is 0.692. The highest BCUT2D eigenvalue weighted by Crippen LogP contribution is 2.21. The van der Waals surface area contributed by atoms with E-state index in [1.165, 1.54) is 0 Å². The molecule has 0 saturated heterocycles. The smallest absolute Gasteiger partial charge is 0.375 e. The molecule has 0 saturated carbocycles. The van der Waals surface area contributed by atoms with Crippen molar-refractivity contribution in [1.82, 2.24) is 0 Å². The number of carboxylic acids is 2. The van der Waals surface area contributed by atoms with Crippen molar-refractivity contribution in [2.45, 2.75) is 59.0 Å². The summed E-state index contributed by atoms with van der Waals surface area (Å²) in [6, 6.07) is 0. The van der Waals surface area contributed by atoms with Gasteiger partial charge in [0.25, 0.3) is 5.76 Å². The molecule has 0 rings (SSSR count). The Balaban J connectivity index is 5.06. The van der Waals surface area contributed by atoms with Gasteiger partial charge in [-0.1, -0.05) is 26.7 Å². The Labute approximate surface area is 112 Å². The van der Waals surface area contributed by atoms with Gasteiger partial charge in [-0.3, -0.25) is 0 Å². The maximum absolute atomic E-state index is 11.1. The SMILES string of the molecule is CCC/C(C(=O)O)=C(/OOC(C)(C)CCC)C(=O)O. The summed E-state index contributed by atoms with van der Waals surface area (Å²) in [5.74, 6) is -3.41. The Bertz CT molecular complexity index is 356. The maximum atomic E-state index is 11.1. The number of carbonyl (C=O) groups is 2. The number of carboxylic acid groups (broad SMARTS) is 2. The van der Waals surface area contributed by atoms with Crippen LogP contribution in [0, 0.1) is 0 Å². The van der Waals surface area contributed by atoms with Crippen LogP contribution in [0.3, 0.4) is 0 Å². The zero-order valence-electron chi connectivity index (χ0n) is 11.9. The van der Waals surface area contributed by atoms with Crippen LogP contribution in [-0.4, -0.2) is 27.8 Å². The predicted molar refractivity (Wildman–Crippen MR) is 68.4 cm³/mol. The van der Waals surface area contributed by atoms with Crippen molar-refractivity contribution >= 4 is 11.9 Å². The second-order valence-corrected chi connectivity index (χ2v) is 4.84. The minimum Gasteiger partial charge on any atom is -0.478 e. The van der Waals surface area contributed by atoms with Gasteiger partial charge < -0.3 is 15.1 Å². The van der Waals surface area contributed by atoms with E-state index in [2.05, 4.69) is 0 Å². The van der Waals surface area contributed by atoms with E-state index in [4.69, 9.17) is 20.0 Å². The third-order valence-electron chi connectivity index (χ3n) is 2.43. The first-order valence-electron chi connectivity index (χ1n) is 6.30. The largest absolute Gasteiger partial charge is 0.478 e. The standard InChI is InChI=1S/C13H22O6/c1-5-7-9(11(14)15)10(12(16)17)18-19-13(3,4)8-6-2/h5-8H2,1-4H3,(H,14,15)(H,16,17)/b10-9-. The van der Waals surface area contributed by atoms with E-state index in [0.717, 1.165) is 6.42 Å². The third kappa shape index (κ3) is 6.24. The molecular weight excluding hydrogens is 252 g/mol. The Morgan fingerprint density at radius 1 is 1.05 bits per heavy atom. The summed E-state index contributed by atoms with van der Waals surface area (Å²) in [6.07, 6.45) is 2.11. The molecule has 6 nitrogen and oxygen atoms in total. The molecular formula is C13H22O6. The Kier molecular flexibility index (Phi) is 7.14. The lowest BCUT2D eigenvalue weighted by atomic mass is 10.0. The van der Waals surface area contributed by atoms with Gasteiger partial charge in [-0.05, 0) is 26.7 Å². The highest BCUT2D eigenvalue weighted by atomic mass is 17.2. The van der Waals surface area contributed by atoms with Crippen LogP contribution in [0.2, 0.25) is 0 Å². The quantitative estimate of drug-likeness (QED) is 0.290. The molecule has 0 bridgehead atoms. The van der Waals surface area contributed by atoms with Crippen LogP contribution in [0.4, 0.5) is 0 Å². The monoisotopic (exact) mass is 274 g/mol. The molecule has 0 aromatic heterocycles. The van der Waals surface area contributed by atoms with Crippen molar-refractivity contribution in [1.29, 1.82) is 0 Å². The van der Waals surface area contributed by atoms with Crippen molar-refractivity contribution in [2.75, 3.05) is 0 Å². The van der Waals surface area contributed by atoms with Crippen molar-refractivity contribution < 1.29 is 29.6 Å². The van der Waals surface area contributed by atoms with Gasteiger partial charge in [0.1, 0.15) is 5.60 Å². The second kappa shape index (κ2) is 7.78. The van der Waals surface area contributed by atoms with E-state index in [9.17, 15) is 9.59 Å². The van der Waals surface area contributed by atoms with E-state index in [1.54, 1.807) is 20.8 Å². The normalized spacial score (nSPS) is 12.8. The maximum Gasteiger partial charge on any atom is 0.375 e. The van der Waals surface area contributed by atoms with Gasteiger partial charge in [-0.2, -0.15) is 4.89 Å². The minimum atomic E-state index is -1.45. The van der Waals surface area contributed by atoms with Gasteiger partial charge in [0.15, 0.2) is 0 Å². The predicted octanol–water partition coefficient (Wildman–Crippen LogP) is 2.74.